The Labute approximate surface area is 120 Å². The summed E-state index contributed by atoms with van der Waals surface area (Å²) in [5.41, 5.74) is 7.48. The Morgan fingerprint density at radius 1 is 1.20 bits per heavy atom. The van der Waals surface area contributed by atoms with Crippen LogP contribution in [-0.2, 0) is 6.54 Å². The monoisotopic (exact) mass is 283 g/mol. The number of carbonyl (C=O) groups is 1. The Morgan fingerprint density at radius 2 is 2.00 bits per heavy atom. The number of aromatic nitrogens is 1. The number of hydrogen-bond acceptors (Lipinski definition) is 4. The molecular formula is C15H13N3OS. The van der Waals surface area contributed by atoms with Crippen LogP contribution in [0.25, 0.3) is 10.1 Å². The van der Waals surface area contributed by atoms with Crippen molar-refractivity contribution in [2.45, 2.75) is 6.54 Å². The van der Waals surface area contributed by atoms with E-state index in [9.17, 15) is 4.79 Å². The molecule has 3 N–H and O–H groups in total. The van der Waals surface area contributed by atoms with Gasteiger partial charge < -0.3 is 11.1 Å². The third-order valence-corrected chi connectivity index (χ3v) is 4.08. The van der Waals surface area contributed by atoms with E-state index >= 15 is 0 Å². The number of fused-ring (bicyclic) bond motifs is 1. The lowest BCUT2D eigenvalue weighted by molar-refractivity contribution is 0.0955. The van der Waals surface area contributed by atoms with E-state index in [0.29, 0.717) is 17.1 Å². The molecule has 0 atom stereocenters. The zero-order chi connectivity index (χ0) is 13.9. The Morgan fingerprint density at radius 3 is 2.80 bits per heavy atom. The molecule has 3 rings (SSSR count). The Hall–Kier alpha value is -2.40. The summed E-state index contributed by atoms with van der Waals surface area (Å²) in [6.07, 6.45) is 3.42. The van der Waals surface area contributed by atoms with Crippen LogP contribution in [0.5, 0.6) is 0 Å². The molecule has 0 bridgehead atoms. The second kappa shape index (κ2) is 5.30. The average Bonchev–Trinajstić information content (AvgIpc) is 2.89. The van der Waals surface area contributed by atoms with E-state index in [1.165, 1.54) is 11.3 Å². The zero-order valence-electron chi connectivity index (χ0n) is 10.7. The molecule has 0 unspecified atom stereocenters. The highest BCUT2D eigenvalue weighted by atomic mass is 32.1. The third-order valence-electron chi connectivity index (χ3n) is 2.97. The van der Waals surface area contributed by atoms with Gasteiger partial charge in [0, 0.05) is 29.3 Å². The van der Waals surface area contributed by atoms with Crippen molar-refractivity contribution in [3.05, 3.63) is 59.2 Å². The van der Waals surface area contributed by atoms with Gasteiger partial charge in [-0.2, -0.15) is 0 Å². The summed E-state index contributed by atoms with van der Waals surface area (Å²) in [6, 6.07) is 11.3. The molecule has 0 saturated carbocycles. The topological polar surface area (TPSA) is 68.0 Å². The molecule has 1 aromatic carbocycles. The van der Waals surface area contributed by atoms with Gasteiger partial charge in [0.2, 0.25) is 0 Å². The van der Waals surface area contributed by atoms with Crippen LogP contribution in [-0.4, -0.2) is 10.9 Å². The molecule has 1 amide bonds. The molecule has 0 saturated heterocycles. The lowest BCUT2D eigenvalue weighted by Gasteiger charge is -2.02. The SMILES string of the molecule is Nc1ccc2sc(C(=O)NCc3ccncc3)cc2c1. The Kier molecular flexibility index (Phi) is 3.35. The van der Waals surface area contributed by atoms with Crippen molar-refractivity contribution in [2.75, 3.05) is 5.73 Å². The normalized spacial score (nSPS) is 10.6. The fraction of sp³-hybridized carbons (Fsp3) is 0.0667. The van der Waals surface area contributed by atoms with Crippen molar-refractivity contribution in [3.8, 4) is 0 Å². The predicted molar refractivity (Wildman–Crippen MR) is 81.6 cm³/mol. The number of pyridine rings is 1. The van der Waals surface area contributed by atoms with Crippen molar-refractivity contribution in [2.24, 2.45) is 0 Å². The van der Waals surface area contributed by atoms with Gasteiger partial charge in [-0.05, 0) is 47.3 Å². The lowest BCUT2D eigenvalue weighted by Crippen LogP contribution is -2.21. The number of nitrogens with zero attached hydrogens (tertiary/aromatic N) is 1. The summed E-state index contributed by atoms with van der Waals surface area (Å²) in [7, 11) is 0. The maximum atomic E-state index is 12.1. The van der Waals surface area contributed by atoms with Crippen molar-refractivity contribution >= 4 is 33.0 Å². The molecule has 5 heteroatoms. The summed E-state index contributed by atoms with van der Waals surface area (Å²) in [5, 5.41) is 3.91. The predicted octanol–water partition coefficient (Wildman–Crippen LogP) is 2.81. The highest BCUT2D eigenvalue weighted by molar-refractivity contribution is 7.20. The Balaban J connectivity index is 1.75. The van der Waals surface area contributed by atoms with E-state index < -0.39 is 0 Å². The van der Waals surface area contributed by atoms with E-state index in [1.807, 2.05) is 36.4 Å². The first-order valence-corrected chi connectivity index (χ1v) is 7.00. The van der Waals surface area contributed by atoms with Crippen LogP contribution >= 0.6 is 11.3 Å². The summed E-state index contributed by atoms with van der Waals surface area (Å²) in [5.74, 6) is -0.0680. The molecule has 0 fully saturated rings. The van der Waals surface area contributed by atoms with Gasteiger partial charge in [0.1, 0.15) is 0 Å². The zero-order valence-corrected chi connectivity index (χ0v) is 11.5. The number of nitrogens with two attached hydrogens (primary N) is 1. The fourth-order valence-electron chi connectivity index (χ4n) is 1.94. The van der Waals surface area contributed by atoms with Crippen molar-refractivity contribution in [1.29, 1.82) is 0 Å². The van der Waals surface area contributed by atoms with Crippen LogP contribution in [0.3, 0.4) is 0 Å². The standard InChI is InChI=1S/C15H13N3OS/c16-12-1-2-13-11(7-12)8-14(20-13)15(19)18-9-10-3-5-17-6-4-10/h1-8H,9,16H2,(H,18,19). The molecule has 0 spiro atoms. The Bertz CT molecular complexity index is 752. The quantitative estimate of drug-likeness (QED) is 0.726. The number of nitrogen functional groups attached to an aromatic ring is 1. The van der Waals surface area contributed by atoms with Gasteiger partial charge in [-0.3, -0.25) is 9.78 Å². The number of carbonyl (C=O) groups excluding carboxylic acids is 1. The van der Waals surface area contributed by atoms with Crippen LogP contribution in [0.2, 0.25) is 0 Å². The molecule has 3 aromatic rings. The second-order valence-electron chi connectivity index (χ2n) is 4.45. The number of hydrogen-bond donors (Lipinski definition) is 2. The molecule has 100 valence electrons. The largest absolute Gasteiger partial charge is 0.399 e. The molecule has 20 heavy (non-hydrogen) atoms. The smallest absolute Gasteiger partial charge is 0.261 e. The van der Waals surface area contributed by atoms with Crippen molar-refractivity contribution < 1.29 is 4.79 Å². The molecule has 0 aliphatic carbocycles. The van der Waals surface area contributed by atoms with E-state index in [0.717, 1.165) is 15.6 Å². The maximum absolute atomic E-state index is 12.1. The van der Waals surface area contributed by atoms with Crippen LogP contribution in [0.4, 0.5) is 5.69 Å². The van der Waals surface area contributed by atoms with E-state index in [1.54, 1.807) is 12.4 Å². The van der Waals surface area contributed by atoms with E-state index in [-0.39, 0.29) is 5.91 Å². The molecule has 4 nitrogen and oxygen atoms in total. The maximum Gasteiger partial charge on any atom is 0.261 e. The van der Waals surface area contributed by atoms with Crippen molar-refractivity contribution in [1.82, 2.24) is 10.3 Å². The van der Waals surface area contributed by atoms with Gasteiger partial charge in [0.05, 0.1) is 4.88 Å². The van der Waals surface area contributed by atoms with E-state index in [2.05, 4.69) is 10.3 Å². The minimum absolute atomic E-state index is 0.0680. The molecule has 0 aliphatic rings. The number of amides is 1. The summed E-state index contributed by atoms with van der Waals surface area (Å²) in [6.45, 7) is 0.498. The van der Waals surface area contributed by atoms with Gasteiger partial charge in [-0.25, -0.2) is 0 Å². The molecule has 2 aromatic heterocycles. The number of nitrogens with one attached hydrogen (secondary N) is 1. The van der Waals surface area contributed by atoms with Crippen LogP contribution in [0, 0.1) is 0 Å². The minimum Gasteiger partial charge on any atom is -0.399 e. The van der Waals surface area contributed by atoms with Gasteiger partial charge in [0.25, 0.3) is 5.91 Å². The minimum atomic E-state index is -0.0680. The fourth-order valence-corrected chi connectivity index (χ4v) is 2.90. The summed E-state index contributed by atoms with van der Waals surface area (Å²) in [4.78, 5) is 16.8. The average molecular weight is 283 g/mol. The van der Waals surface area contributed by atoms with Gasteiger partial charge in [-0.15, -0.1) is 11.3 Å². The van der Waals surface area contributed by atoms with E-state index in [4.69, 9.17) is 5.73 Å². The number of anilines is 1. The van der Waals surface area contributed by atoms with Gasteiger partial charge >= 0.3 is 0 Å². The number of thiophene rings is 1. The van der Waals surface area contributed by atoms with Crippen LogP contribution in [0.1, 0.15) is 15.2 Å². The summed E-state index contributed by atoms with van der Waals surface area (Å²) >= 11 is 1.47. The molecule has 2 heterocycles. The highest BCUT2D eigenvalue weighted by Crippen LogP contribution is 2.27. The second-order valence-corrected chi connectivity index (χ2v) is 5.53. The highest BCUT2D eigenvalue weighted by Gasteiger charge is 2.10. The third kappa shape index (κ3) is 2.62. The molecule has 0 aliphatic heterocycles. The van der Waals surface area contributed by atoms with Crippen molar-refractivity contribution in [3.63, 3.8) is 0 Å². The first kappa shape index (κ1) is 12.6. The van der Waals surface area contributed by atoms with Gasteiger partial charge in [0.15, 0.2) is 0 Å². The van der Waals surface area contributed by atoms with Crippen LogP contribution < -0.4 is 11.1 Å². The molecule has 0 radical (unpaired) electrons. The summed E-state index contributed by atoms with van der Waals surface area (Å²) < 4.78 is 1.06. The number of benzene rings is 1. The van der Waals surface area contributed by atoms with Crippen LogP contribution in [0.15, 0.2) is 48.8 Å². The van der Waals surface area contributed by atoms with Gasteiger partial charge in [-0.1, -0.05) is 0 Å². The molecular weight excluding hydrogens is 270 g/mol. The number of rotatable bonds is 3. The lowest BCUT2D eigenvalue weighted by atomic mass is 10.2. The first-order chi connectivity index (χ1) is 9.72. The first-order valence-electron chi connectivity index (χ1n) is 6.18.